The number of hydrogen-bond donors (Lipinski definition) is 0. The first-order valence-electron chi connectivity index (χ1n) is 14.9. The summed E-state index contributed by atoms with van der Waals surface area (Å²) in [5.41, 5.74) is 3.61. The van der Waals surface area contributed by atoms with Gasteiger partial charge in [0.2, 0.25) is 0 Å². The minimum atomic E-state index is -1.51. The predicted molar refractivity (Wildman–Crippen MR) is 168 cm³/mol. The highest BCUT2D eigenvalue weighted by Gasteiger charge is 2.71. The van der Waals surface area contributed by atoms with Gasteiger partial charge in [0.05, 0.1) is 13.2 Å². The van der Waals surface area contributed by atoms with Gasteiger partial charge in [0.15, 0.2) is 17.3 Å². The summed E-state index contributed by atoms with van der Waals surface area (Å²) in [4.78, 5) is 46.4. The van der Waals surface area contributed by atoms with Crippen LogP contribution in [0.4, 0.5) is 5.69 Å². The summed E-state index contributed by atoms with van der Waals surface area (Å²) in [6.45, 7) is 4.34. The topological polar surface area (TPSA) is 63.7 Å². The molecule has 1 fully saturated rings. The number of para-hydroxylation sites is 1. The van der Waals surface area contributed by atoms with Gasteiger partial charge in [-0.25, -0.2) is 0 Å². The lowest BCUT2D eigenvalue weighted by atomic mass is 9.64. The van der Waals surface area contributed by atoms with E-state index in [9.17, 15) is 14.4 Å². The van der Waals surface area contributed by atoms with Crippen LogP contribution < -0.4 is 9.64 Å². The second-order valence-electron chi connectivity index (χ2n) is 12.2. The van der Waals surface area contributed by atoms with Crippen molar-refractivity contribution in [3.63, 3.8) is 0 Å². The predicted octanol–water partition coefficient (Wildman–Crippen LogP) is 7.21. The summed E-state index contributed by atoms with van der Waals surface area (Å²) in [6, 6.07) is 28.8. The Kier molecular flexibility index (Phi) is 6.42. The van der Waals surface area contributed by atoms with Gasteiger partial charge in [-0.3, -0.25) is 14.4 Å². The van der Waals surface area contributed by atoms with Crippen molar-refractivity contribution in [3.8, 4) is 5.75 Å². The maximum Gasteiger partial charge on any atom is 0.185 e. The van der Waals surface area contributed by atoms with Crippen molar-refractivity contribution >= 4 is 29.1 Å². The quantitative estimate of drug-likeness (QED) is 0.182. The lowest BCUT2D eigenvalue weighted by molar-refractivity contribution is 0.0666. The van der Waals surface area contributed by atoms with Crippen molar-refractivity contribution in [1.82, 2.24) is 0 Å². The molecule has 3 aliphatic rings. The Hall–Kier alpha value is -4.77. The number of benzene rings is 4. The minimum absolute atomic E-state index is 0.111. The van der Waals surface area contributed by atoms with E-state index < -0.39 is 23.4 Å². The first-order valence-corrected chi connectivity index (χ1v) is 14.9. The monoisotopic (exact) mass is 567 g/mol. The van der Waals surface area contributed by atoms with Gasteiger partial charge < -0.3 is 9.64 Å². The van der Waals surface area contributed by atoms with Crippen LogP contribution in [0.1, 0.15) is 67.5 Å². The van der Waals surface area contributed by atoms with Gasteiger partial charge >= 0.3 is 0 Å². The smallest absolute Gasteiger partial charge is 0.185 e. The number of rotatable bonds is 6. The van der Waals surface area contributed by atoms with E-state index in [1.54, 1.807) is 31.4 Å². The standard InChI is InChI=1S/C38H33NO4/c1-23(2)22-24-12-14-27(15-13-24)35(40)34-33(26-16-19-28(43-3)20-17-26)38(36(41)29-9-5-6-10-30(29)37(38)42)32-21-18-25-8-4-7-11-31(25)39(32)34/h4-21,23,32-34H,22H2,1-3H3/t32-,33-,34+/m0/s1. The number of methoxy groups -OCH3 is 1. The SMILES string of the molecule is COc1ccc([C@H]2[C@H](C(=O)c3ccc(CC(C)C)cc3)N3c4ccccc4C=C[C@H]3C23C(=O)c2ccccc2C3=O)cc1. The van der Waals surface area contributed by atoms with Gasteiger partial charge in [-0.2, -0.15) is 0 Å². The molecular formula is C38H33NO4. The normalized spacial score (nSPS) is 21.2. The Balaban J connectivity index is 1.48. The number of ether oxygens (including phenoxy) is 1. The number of nitrogens with zero attached hydrogens (tertiary/aromatic N) is 1. The molecule has 0 bridgehead atoms. The van der Waals surface area contributed by atoms with Crippen LogP contribution in [-0.2, 0) is 6.42 Å². The molecule has 0 radical (unpaired) electrons. The molecule has 1 spiro atoms. The lowest BCUT2D eigenvalue weighted by Gasteiger charge is -2.37. The Morgan fingerprint density at radius 2 is 1.47 bits per heavy atom. The fourth-order valence-corrected chi connectivity index (χ4v) is 7.55. The van der Waals surface area contributed by atoms with E-state index in [1.165, 1.54) is 5.56 Å². The third-order valence-electron chi connectivity index (χ3n) is 9.34. The number of carbonyl (C=O) groups is 3. The van der Waals surface area contributed by atoms with E-state index in [0.717, 1.165) is 23.2 Å². The molecule has 5 heteroatoms. The van der Waals surface area contributed by atoms with E-state index in [1.807, 2.05) is 84.9 Å². The summed E-state index contributed by atoms with van der Waals surface area (Å²) >= 11 is 0. The second-order valence-corrected chi connectivity index (χ2v) is 12.2. The van der Waals surface area contributed by atoms with Crippen LogP contribution in [0.25, 0.3) is 6.08 Å². The molecule has 5 nitrogen and oxygen atoms in total. The number of carbonyl (C=O) groups excluding carboxylic acids is 3. The number of anilines is 1. The molecule has 7 rings (SSSR count). The third-order valence-corrected chi connectivity index (χ3v) is 9.34. The van der Waals surface area contributed by atoms with Gasteiger partial charge in [-0.05, 0) is 47.2 Å². The molecule has 2 heterocycles. The van der Waals surface area contributed by atoms with E-state index >= 15 is 0 Å². The highest BCUT2D eigenvalue weighted by atomic mass is 16.5. The summed E-state index contributed by atoms with van der Waals surface area (Å²) in [5, 5.41) is 0. The van der Waals surface area contributed by atoms with Crippen LogP contribution >= 0.6 is 0 Å². The van der Waals surface area contributed by atoms with Gasteiger partial charge in [0.25, 0.3) is 0 Å². The number of ketones is 3. The molecule has 0 amide bonds. The molecular weight excluding hydrogens is 534 g/mol. The Bertz CT molecular complexity index is 1750. The average molecular weight is 568 g/mol. The van der Waals surface area contributed by atoms with Crippen molar-refractivity contribution in [2.75, 3.05) is 12.0 Å². The molecule has 0 saturated carbocycles. The maximum absolute atomic E-state index is 14.9. The molecule has 0 N–H and O–H groups in total. The van der Waals surface area contributed by atoms with Crippen LogP contribution in [-0.4, -0.2) is 36.5 Å². The Morgan fingerprint density at radius 1 is 0.837 bits per heavy atom. The highest BCUT2D eigenvalue weighted by Crippen LogP contribution is 2.61. The molecule has 214 valence electrons. The maximum atomic E-state index is 14.9. The van der Waals surface area contributed by atoms with E-state index in [4.69, 9.17) is 4.74 Å². The van der Waals surface area contributed by atoms with Gasteiger partial charge in [0.1, 0.15) is 17.2 Å². The molecule has 1 aliphatic carbocycles. The van der Waals surface area contributed by atoms with Gasteiger partial charge in [-0.1, -0.05) is 105 Å². The summed E-state index contributed by atoms with van der Waals surface area (Å²) in [7, 11) is 1.60. The first kappa shape index (κ1) is 27.1. The van der Waals surface area contributed by atoms with Crippen LogP contribution in [0.15, 0.2) is 103 Å². The first-order chi connectivity index (χ1) is 20.9. The molecule has 43 heavy (non-hydrogen) atoms. The Labute approximate surface area is 251 Å². The zero-order chi connectivity index (χ0) is 29.9. The van der Waals surface area contributed by atoms with Crippen LogP contribution in [0.3, 0.4) is 0 Å². The summed E-state index contributed by atoms with van der Waals surface area (Å²) < 4.78 is 5.44. The Morgan fingerprint density at radius 3 is 2.09 bits per heavy atom. The molecule has 1 saturated heterocycles. The lowest BCUT2D eigenvalue weighted by Crippen LogP contribution is -2.48. The largest absolute Gasteiger partial charge is 0.497 e. The second kappa shape index (κ2) is 10.2. The minimum Gasteiger partial charge on any atom is -0.497 e. The van der Waals surface area contributed by atoms with Crippen molar-refractivity contribution in [2.45, 2.75) is 38.3 Å². The van der Waals surface area contributed by atoms with Gasteiger partial charge in [0, 0.05) is 28.3 Å². The van der Waals surface area contributed by atoms with Crippen LogP contribution in [0.5, 0.6) is 5.75 Å². The van der Waals surface area contributed by atoms with E-state index in [2.05, 4.69) is 18.7 Å². The summed E-state index contributed by atoms with van der Waals surface area (Å²) in [5.74, 6) is -0.148. The number of Topliss-reactive ketones (excluding diaryl/α,β-unsaturated/α-hetero) is 3. The van der Waals surface area contributed by atoms with Crippen molar-refractivity contribution < 1.29 is 19.1 Å². The number of fused-ring (bicyclic) bond motifs is 5. The molecule has 4 aromatic carbocycles. The third kappa shape index (κ3) is 3.94. The van der Waals surface area contributed by atoms with Crippen molar-refractivity contribution in [1.29, 1.82) is 0 Å². The zero-order valence-corrected chi connectivity index (χ0v) is 24.5. The molecule has 2 aliphatic heterocycles. The van der Waals surface area contributed by atoms with Crippen molar-refractivity contribution in [2.24, 2.45) is 11.3 Å². The van der Waals surface area contributed by atoms with Crippen LogP contribution in [0.2, 0.25) is 0 Å². The van der Waals surface area contributed by atoms with E-state index in [-0.39, 0.29) is 17.3 Å². The van der Waals surface area contributed by atoms with E-state index in [0.29, 0.717) is 28.4 Å². The fraction of sp³-hybridized carbons (Fsp3) is 0.237. The summed E-state index contributed by atoms with van der Waals surface area (Å²) in [6.07, 6.45) is 4.86. The van der Waals surface area contributed by atoms with Crippen LogP contribution in [0, 0.1) is 11.3 Å². The molecule has 0 aromatic heterocycles. The average Bonchev–Trinajstić information content (AvgIpc) is 3.47. The molecule has 4 aromatic rings. The van der Waals surface area contributed by atoms with Gasteiger partial charge in [-0.15, -0.1) is 0 Å². The van der Waals surface area contributed by atoms with Crippen molar-refractivity contribution in [3.05, 3.63) is 137 Å². The highest BCUT2D eigenvalue weighted by molar-refractivity contribution is 6.32. The zero-order valence-electron chi connectivity index (χ0n) is 24.5. The molecule has 3 atom stereocenters. The number of hydrogen-bond acceptors (Lipinski definition) is 5. The fourth-order valence-electron chi connectivity index (χ4n) is 7.55. The molecule has 0 unspecified atom stereocenters.